The van der Waals surface area contributed by atoms with Crippen molar-refractivity contribution in [2.75, 3.05) is 11.0 Å². The summed E-state index contributed by atoms with van der Waals surface area (Å²) in [5.41, 5.74) is 0.219. The average molecular weight is 324 g/mol. The number of halogens is 1. The quantitative estimate of drug-likeness (QED) is 0.537. The Balaban J connectivity index is 2.41. The lowest BCUT2D eigenvalue weighted by molar-refractivity contribution is -0.0688. The third-order valence-corrected chi connectivity index (χ3v) is 4.95. The highest BCUT2D eigenvalue weighted by Gasteiger charge is 2.34. The number of alkyl halides is 1. The second-order valence-corrected chi connectivity index (χ2v) is 6.14. The molecule has 1 aliphatic carbocycles. The van der Waals surface area contributed by atoms with Crippen LogP contribution in [-0.4, -0.2) is 16.6 Å². The van der Waals surface area contributed by atoms with Crippen LogP contribution >= 0.6 is 22.6 Å². The largest absolute Gasteiger partial charge is 0.374 e. The Hall–Kier alpha value is 0.690. The molecule has 0 atom stereocenters. The van der Waals surface area contributed by atoms with E-state index in [9.17, 15) is 0 Å². The first-order valence-corrected chi connectivity index (χ1v) is 7.84. The third kappa shape index (κ3) is 4.22. The van der Waals surface area contributed by atoms with Gasteiger partial charge in [-0.2, -0.15) is 0 Å². The summed E-state index contributed by atoms with van der Waals surface area (Å²) in [7, 11) is 0. The first-order valence-electron chi connectivity index (χ1n) is 6.32. The van der Waals surface area contributed by atoms with E-state index in [-0.39, 0.29) is 5.60 Å². The molecule has 0 aliphatic heterocycles. The van der Waals surface area contributed by atoms with E-state index in [1.54, 1.807) is 0 Å². The fraction of sp³-hybridized carbons (Fsp3) is 1.00. The fourth-order valence-corrected chi connectivity index (χ4v) is 3.25. The van der Waals surface area contributed by atoms with E-state index < -0.39 is 0 Å². The summed E-state index contributed by atoms with van der Waals surface area (Å²) >= 11 is 2.50. The fourth-order valence-electron chi connectivity index (χ4n) is 2.27. The summed E-state index contributed by atoms with van der Waals surface area (Å²) in [6.07, 6.45) is 6.65. The van der Waals surface area contributed by atoms with Gasteiger partial charge in [0.25, 0.3) is 0 Å². The first-order chi connectivity index (χ1) is 7.12. The molecule has 0 N–H and O–H groups in total. The van der Waals surface area contributed by atoms with E-state index in [2.05, 4.69) is 43.4 Å². The van der Waals surface area contributed by atoms with Crippen molar-refractivity contribution in [3.05, 3.63) is 0 Å². The number of hydrogen-bond acceptors (Lipinski definition) is 1. The molecular formula is C13H25IO. The monoisotopic (exact) mass is 324 g/mol. The SMILES string of the molecule is CCC1CCC(CI)(OCC(C)C)CC1. The lowest BCUT2D eigenvalue weighted by atomic mass is 9.78. The van der Waals surface area contributed by atoms with E-state index in [0.717, 1.165) is 17.0 Å². The van der Waals surface area contributed by atoms with Crippen molar-refractivity contribution < 1.29 is 4.74 Å². The molecule has 0 heterocycles. The van der Waals surface area contributed by atoms with Crippen LogP contribution < -0.4 is 0 Å². The standard InChI is InChI=1S/C13H25IO/c1-4-12-5-7-13(10-14,8-6-12)15-9-11(2)3/h11-12H,4-10H2,1-3H3. The van der Waals surface area contributed by atoms with E-state index in [1.165, 1.54) is 32.1 Å². The molecule has 0 saturated heterocycles. The zero-order chi connectivity index (χ0) is 11.3. The van der Waals surface area contributed by atoms with Crippen molar-refractivity contribution >= 4 is 22.6 Å². The maximum absolute atomic E-state index is 6.17. The van der Waals surface area contributed by atoms with Crippen LogP contribution in [0.15, 0.2) is 0 Å². The van der Waals surface area contributed by atoms with Crippen LogP contribution in [0.3, 0.4) is 0 Å². The minimum Gasteiger partial charge on any atom is -0.374 e. The highest BCUT2D eigenvalue weighted by atomic mass is 127. The van der Waals surface area contributed by atoms with E-state index in [1.807, 2.05) is 0 Å². The maximum Gasteiger partial charge on any atom is 0.0771 e. The van der Waals surface area contributed by atoms with Gasteiger partial charge in [0.2, 0.25) is 0 Å². The molecule has 0 aromatic rings. The van der Waals surface area contributed by atoms with Crippen LogP contribution in [0.5, 0.6) is 0 Å². The van der Waals surface area contributed by atoms with Gasteiger partial charge in [-0.25, -0.2) is 0 Å². The molecule has 0 radical (unpaired) electrons. The lowest BCUT2D eigenvalue weighted by Gasteiger charge is -2.39. The van der Waals surface area contributed by atoms with Crippen LogP contribution in [0.2, 0.25) is 0 Å². The molecule has 0 bridgehead atoms. The third-order valence-electron chi connectivity index (χ3n) is 3.56. The summed E-state index contributed by atoms with van der Waals surface area (Å²) in [4.78, 5) is 0. The van der Waals surface area contributed by atoms with Gasteiger partial charge in [-0.1, -0.05) is 49.8 Å². The molecule has 90 valence electrons. The minimum absolute atomic E-state index is 0.219. The van der Waals surface area contributed by atoms with Gasteiger partial charge in [0.1, 0.15) is 0 Å². The molecule has 1 rings (SSSR count). The normalized spacial score (nSPS) is 32.2. The van der Waals surface area contributed by atoms with Crippen LogP contribution in [0.1, 0.15) is 52.9 Å². The van der Waals surface area contributed by atoms with E-state index in [0.29, 0.717) is 5.92 Å². The number of hydrogen-bond donors (Lipinski definition) is 0. The van der Waals surface area contributed by atoms with E-state index >= 15 is 0 Å². The molecule has 0 amide bonds. The minimum atomic E-state index is 0.219. The van der Waals surface area contributed by atoms with Gasteiger partial charge >= 0.3 is 0 Å². The van der Waals surface area contributed by atoms with Gasteiger partial charge in [0.05, 0.1) is 5.60 Å². The summed E-state index contributed by atoms with van der Waals surface area (Å²) in [6, 6.07) is 0. The molecule has 0 aromatic heterocycles. The van der Waals surface area contributed by atoms with Gasteiger partial charge < -0.3 is 4.74 Å². The molecule has 1 aliphatic rings. The molecule has 0 unspecified atom stereocenters. The number of rotatable bonds is 5. The smallest absolute Gasteiger partial charge is 0.0771 e. The molecule has 1 nitrogen and oxygen atoms in total. The Labute approximate surface area is 108 Å². The van der Waals surface area contributed by atoms with Crippen molar-refractivity contribution in [1.82, 2.24) is 0 Å². The van der Waals surface area contributed by atoms with Crippen LogP contribution in [0, 0.1) is 11.8 Å². The molecular weight excluding hydrogens is 299 g/mol. The van der Waals surface area contributed by atoms with E-state index in [4.69, 9.17) is 4.74 Å². The first kappa shape index (κ1) is 13.8. The molecule has 0 aromatic carbocycles. The Kier molecular flexibility index (Phi) is 5.90. The Morgan fingerprint density at radius 3 is 2.33 bits per heavy atom. The average Bonchev–Trinajstić information content (AvgIpc) is 2.27. The molecule has 15 heavy (non-hydrogen) atoms. The molecule has 0 spiro atoms. The summed E-state index contributed by atoms with van der Waals surface area (Å²) in [6.45, 7) is 7.72. The van der Waals surface area contributed by atoms with Crippen molar-refractivity contribution in [2.45, 2.75) is 58.5 Å². The second-order valence-electron chi connectivity index (χ2n) is 5.37. The Bertz CT molecular complexity index is 171. The number of ether oxygens (including phenoxy) is 1. The van der Waals surface area contributed by atoms with Crippen LogP contribution in [0.4, 0.5) is 0 Å². The van der Waals surface area contributed by atoms with Crippen molar-refractivity contribution in [1.29, 1.82) is 0 Å². The second kappa shape index (κ2) is 6.43. The van der Waals surface area contributed by atoms with Crippen molar-refractivity contribution in [3.63, 3.8) is 0 Å². The topological polar surface area (TPSA) is 9.23 Å². The Morgan fingerprint density at radius 1 is 1.33 bits per heavy atom. The predicted octanol–water partition coefficient (Wildman–Crippen LogP) is 4.43. The van der Waals surface area contributed by atoms with Crippen molar-refractivity contribution in [3.8, 4) is 0 Å². The zero-order valence-electron chi connectivity index (χ0n) is 10.4. The highest BCUT2D eigenvalue weighted by molar-refractivity contribution is 14.1. The van der Waals surface area contributed by atoms with Crippen molar-refractivity contribution in [2.24, 2.45) is 11.8 Å². The predicted molar refractivity (Wildman–Crippen MR) is 74.7 cm³/mol. The molecule has 1 fully saturated rings. The lowest BCUT2D eigenvalue weighted by Crippen LogP contribution is -2.39. The van der Waals surface area contributed by atoms with Gasteiger partial charge in [-0.15, -0.1) is 0 Å². The van der Waals surface area contributed by atoms with Crippen LogP contribution in [-0.2, 0) is 4.74 Å². The van der Waals surface area contributed by atoms with Gasteiger partial charge in [0.15, 0.2) is 0 Å². The van der Waals surface area contributed by atoms with Crippen LogP contribution in [0.25, 0.3) is 0 Å². The Morgan fingerprint density at radius 2 is 1.93 bits per heavy atom. The van der Waals surface area contributed by atoms with Gasteiger partial charge in [0, 0.05) is 11.0 Å². The summed E-state index contributed by atoms with van der Waals surface area (Å²) < 4.78 is 7.33. The highest BCUT2D eigenvalue weighted by Crippen LogP contribution is 2.37. The summed E-state index contributed by atoms with van der Waals surface area (Å²) in [5.74, 6) is 1.62. The zero-order valence-corrected chi connectivity index (χ0v) is 12.5. The maximum atomic E-state index is 6.17. The van der Waals surface area contributed by atoms with Gasteiger partial charge in [-0.05, 0) is 37.5 Å². The summed E-state index contributed by atoms with van der Waals surface area (Å²) in [5, 5.41) is 0. The van der Waals surface area contributed by atoms with Gasteiger partial charge in [-0.3, -0.25) is 0 Å². The molecule has 2 heteroatoms. The molecule has 1 saturated carbocycles.